The smallest absolute Gasteiger partial charge is 0.304 e. The maximum atomic E-state index is 10.3. The summed E-state index contributed by atoms with van der Waals surface area (Å²) in [4.78, 5) is 10.3. The predicted molar refractivity (Wildman–Crippen MR) is 108 cm³/mol. The largest absolute Gasteiger partial charge is 0.481 e. The first-order chi connectivity index (χ1) is 11.3. The van der Waals surface area contributed by atoms with Crippen molar-refractivity contribution in [3.8, 4) is 0 Å². The molecule has 0 saturated heterocycles. The summed E-state index contributed by atoms with van der Waals surface area (Å²) in [6, 6.07) is 0. The molecule has 0 aliphatic heterocycles. The molecule has 0 aromatic carbocycles. The monoisotopic (exact) mass is 358 g/mol. The highest BCUT2D eigenvalue weighted by Gasteiger charge is 1.96. The van der Waals surface area contributed by atoms with E-state index in [1.807, 2.05) is 11.8 Å². The van der Waals surface area contributed by atoms with Gasteiger partial charge < -0.3 is 5.11 Å². The van der Waals surface area contributed by atoms with Gasteiger partial charge in [0.15, 0.2) is 0 Å². The molecule has 1 N–H and O–H groups in total. The van der Waals surface area contributed by atoms with Gasteiger partial charge in [-0.2, -0.15) is 23.5 Å². The summed E-state index contributed by atoms with van der Waals surface area (Å²) in [6.45, 7) is 2.22. The van der Waals surface area contributed by atoms with Gasteiger partial charge in [0, 0.05) is 11.5 Å². The molecule has 0 spiro atoms. The van der Waals surface area contributed by atoms with Crippen molar-refractivity contribution in [3.05, 3.63) is 24.3 Å². The molecule has 0 aromatic rings. The van der Waals surface area contributed by atoms with E-state index >= 15 is 0 Å². The summed E-state index contributed by atoms with van der Waals surface area (Å²) in [6.07, 6.45) is 19.4. The molecular formula is C19H34O2S2. The SMILES string of the molecule is CCCSCC=CCC=CCCCCCCCSCCC(=O)O. The number of aliphatic carboxylic acids is 1. The molecule has 0 aromatic heterocycles. The van der Waals surface area contributed by atoms with Crippen molar-refractivity contribution in [2.45, 2.75) is 64.7 Å². The van der Waals surface area contributed by atoms with Crippen LogP contribution in [0.15, 0.2) is 24.3 Å². The van der Waals surface area contributed by atoms with Crippen LogP contribution in [0.5, 0.6) is 0 Å². The number of hydrogen-bond acceptors (Lipinski definition) is 3. The van der Waals surface area contributed by atoms with Crippen molar-refractivity contribution in [2.24, 2.45) is 0 Å². The summed E-state index contributed by atoms with van der Waals surface area (Å²) in [5.74, 6) is 3.59. The average Bonchev–Trinajstić information content (AvgIpc) is 2.53. The van der Waals surface area contributed by atoms with Crippen LogP contribution in [0.1, 0.15) is 64.7 Å². The number of unbranched alkanes of at least 4 members (excludes halogenated alkanes) is 5. The zero-order valence-electron chi connectivity index (χ0n) is 14.7. The van der Waals surface area contributed by atoms with Crippen LogP contribution in [0.4, 0.5) is 0 Å². The topological polar surface area (TPSA) is 37.3 Å². The molecule has 0 saturated carbocycles. The first-order valence-corrected chi connectivity index (χ1v) is 11.3. The number of carboxylic acids is 1. The highest BCUT2D eigenvalue weighted by atomic mass is 32.2. The summed E-state index contributed by atoms with van der Waals surface area (Å²) in [5.41, 5.74) is 0. The Labute approximate surface area is 151 Å². The summed E-state index contributed by atoms with van der Waals surface area (Å²) >= 11 is 3.77. The van der Waals surface area contributed by atoms with Crippen LogP contribution in [0.25, 0.3) is 0 Å². The minimum atomic E-state index is -0.684. The molecule has 2 nitrogen and oxygen atoms in total. The van der Waals surface area contributed by atoms with Gasteiger partial charge in [0.2, 0.25) is 0 Å². The fraction of sp³-hybridized carbons (Fsp3) is 0.737. The third-order valence-corrected chi connectivity index (χ3v) is 5.48. The molecule has 0 aliphatic rings. The zero-order chi connectivity index (χ0) is 17.0. The van der Waals surface area contributed by atoms with Gasteiger partial charge in [-0.25, -0.2) is 0 Å². The van der Waals surface area contributed by atoms with Crippen molar-refractivity contribution in [1.82, 2.24) is 0 Å². The molecule has 0 amide bonds. The van der Waals surface area contributed by atoms with Crippen LogP contribution < -0.4 is 0 Å². The first kappa shape index (κ1) is 22.6. The van der Waals surface area contributed by atoms with Crippen LogP contribution in [-0.2, 0) is 4.79 Å². The van der Waals surface area contributed by atoms with Crippen LogP contribution >= 0.6 is 23.5 Å². The van der Waals surface area contributed by atoms with Crippen molar-refractivity contribution in [3.63, 3.8) is 0 Å². The molecule has 0 bridgehead atoms. The van der Waals surface area contributed by atoms with E-state index < -0.39 is 5.97 Å². The minimum absolute atomic E-state index is 0.295. The number of carboxylic acid groups (broad SMARTS) is 1. The van der Waals surface area contributed by atoms with Gasteiger partial charge in [-0.05, 0) is 43.6 Å². The van der Waals surface area contributed by atoms with E-state index in [1.54, 1.807) is 11.8 Å². The molecule has 134 valence electrons. The van der Waals surface area contributed by atoms with E-state index in [2.05, 4.69) is 31.2 Å². The molecule has 0 rings (SSSR count). The van der Waals surface area contributed by atoms with Gasteiger partial charge in [0.25, 0.3) is 0 Å². The van der Waals surface area contributed by atoms with Crippen LogP contribution in [0, 0.1) is 0 Å². The lowest BCUT2D eigenvalue weighted by Crippen LogP contribution is -1.96. The Hall–Kier alpha value is -0.350. The molecule has 0 heterocycles. The number of carbonyl (C=O) groups is 1. The third kappa shape index (κ3) is 21.6. The fourth-order valence-corrected chi connectivity index (χ4v) is 3.67. The third-order valence-electron chi connectivity index (χ3n) is 3.29. The molecule has 0 aliphatic carbocycles. The Kier molecular flexibility index (Phi) is 19.4. The second-order valence-electron chi connectivity index (χ2n) is 5.57. The molecular weight excluding hydrogens is 324 g/mol. The number of allylic oxidation sites excluding steroid dienone is 3. The molecule has 0 fully saturated rings. The summed E-state index contributed by atoms with van der Waals surface area (Å²) in [7, 11) is 0. The molecule has 0 radical (unpaired) electrons. The summed E-state index contributed by atoms with van der Waals surface area (Å²) in [5, 5.41) is 8.52. The Bertz CT molecular complexity index is 314. The van der Waals surface area contributed by atoms with Gasteiger partial charge in [-0.15, -0.1) is 0 Å². The zero-order valence-corrected chi connectivity index (χ0v) is 16.3. The Morgan fingerprint density at radius 2 is 1.61 bits per heavy atom. The highest BCUT2D eigenvalue weighted by molar-refractivity contribution is 7.99. The number of hydrogen-bond donors (Lipinski definition) is 1. The Morgan fingerprint density at radius 3 is 2.39 bits per heavy atom. The van der Waals surface area contributed by atoms with Gasteiger partial charge >= 0.3 is 5.97 Å². The number of rotatable bonds is 17. The van der Waals surface area contributed by atoms with Crippen molar-refractivity contribution in [1.29, 1.82) is 0 Å². The fourth-order valence-electron chi connectivity index (χ4n) is 2.01. The van der Waals surface area contributed by atoms with E-state index in [0.717, 1.165) is 23.7 Å². The lowest BCUT2D eigenvalue weighted by atomic mass is 10.1. The maximum absolute atomic E-state index is 10.3. The number of thioether (sulfide) groups is 2. The Balaban J connectivity index is 3.14. The quantitative estimate of drug-likeness (QED) is 0.249. The van der Waals surface area contributed by atoms with E-state index in [0.29, 0.717) is 6.42 Å². The predicted octanol–water partition coefficient (Wildman–Crippen LogP) is 6.18. The van der Waals surface area contributed by atoms with E-state index in [4.69, 9.17) is 5.11 Å². The molecule has 0 atom stereocenters. The van der Waals surface area contributed by atoms with Crippen LogP contribution in [-0.4, -0.2) is 34.1 Å². The van der Waals surface area contributed by atoms with E-state index in [-0.39, 0.29) is 0 Å². The van der Waals surface area contributed by atoms with Gasteiger partial charge in [0.1, 0.15) is 0 Å². The average molecular weight is 359 g/mol. The van der Waals surface area contributed by atoms with Crippen molar-refractivity contribution >= 4 is 29.5 Å². The molecule has 4 heteroatoms. The molecule has 23 heavy (non-hydrogen) atoms. The van der Waals surface area contributed by atoms with Crippen LogP contribution in [0.2, 0.25) is 0 Å². The summed E-state index contributed by atoms with van der Waals surface area (Å²) < 4.78 is 0. The second-order valence-corrected chi connectivity index (χ2v) is 7.94. The van der Waals surface area contributed by atoms with Gasteiger partial charge in [0.05, 0.1) is 6.42 Å². The van der Waals surface area contributed by atoms with E-state index in [1.165, 1.54) is 50.7 Å². The van der Waals surface area contributed by atoms with E-state index in [9.17, 15) is 4.79 Å². The van der Waals surface area contributed by atoms with Crippen LogP contribution in [0.3, 0.4) is 0 Å². The first-order valence-electron chi connectivity index (χ1n) is 8.94. The van der Waals surface area contributed by atoms with Gasteiger partial charge in [-0.1, -0.05) is 50.5 Å². The lowest BCUT2D eigenvalue weighted by Gasteiger charge is -2.00. The Morgan fingerprint density at radius 1 is 0.870 bits per heavy atom. The van der Waals surface area contributed by atoms with Crippen molar-refractivity contribution < 1.29 is 9.90 Å². The van der Waals surface area contributed by atoms with Gasteiger partial charge in [-0.3, -0.25) is 4.79 Å². The normalized spacial score (nSPS) is 11.7. The minimum Gasteiger partial charge on any atom is -0.481 e. The van der Waals surface area contributed by atoms with Crippen molar-refractivity contribution in [2.75, 3.05) is 23.0 Å². The maximum Gasteiger partial charge on any atom is 0.304 e. The second kappa shape index (κ2) is 19.7. The molecule has 0 unspecified atom stereocenters. The highest BCUT2D eigenvalue weighted by Crippen LogP contribution is 2.11. The lowest BCUT2D eigenvalue weighted by molar-refractivity contribution is -0.136. The standard InChI is InChI=1S/C19H34O2S2/c1-2-15-22-16-12-10-8-6-4-3-5-7-9-11-13-17-23-18-14-19(20)21/h4,6,10,12H,2-3,5,7-9,11,13-18H2,1H3,(H,20,21).